The maximum atomic E-state index is 12.1. The van der Waals surface area contributed by atoms with Gasteiger partial charge in [0.05, 0.1) is 5.69 Å². The first-order chi connectivity index (χ1) is 12.5. The summed E-state index contributed by atoms with van der Waals surface area (Å²) in [6.07, 6.45) is 1.66. The molecule has 138 valence electrons. The van der Waals surface area contributed by atoms with Gasteiger partial charge < -0.3 is 19.5 Å². The van der Waals surface area contributed by atoms with E-state index in [9.17, 15) is 9.59 Å². The minimum atomic E-state index is -0.396. The number of carbonyl (C=O) groups is 2. The minimum absolute atomic E-state index is 0.00522. The summed E-state index contributed by atoms with van der Waals surface area (Å²) in [5, 5.41) is 6.66. The fraction of sp³-hybridized carbons (Fsp3) is 0.444. The molecule has 2 aromatic rings. The molecule has 0 saturated heterocycles. The molecule has 0 aliphatic carbocycles. The Kier molecular flexibility index (Phi) is 5.20. The summed E-state index contributed by atoms with van der Waals surface area (Å²) < 4.78 is 10.6. The first-order valence-corrected chi connectivity index (χ1v) is 8.75. The Labute approximate surface area is 151 Å². The lowest BCUT2D eigenvalue weighted by molar-refractivity contribution is -0.121. The lowest BCUT2D eigenvalue weighted by Gasteiger charge is -2.29. The van der Waals surface area contributed by atoms with E-state index in [1.807, 2.05) is 20.8 Å². The van der Waals surface area contributed by atoms with Crippen molar-refractivity contribution in [2.24, 2.45) is 0 Å². The monoisotopic (exact) mass is 358 g/mol. The van der Waals surface area contributed by atoms with Crippen LogP contribution in [0, 0.1) is 0 Å². The largest absolute Gasteiger partial charge is 0.482 e. The summed E-state index contributed by atoms with van der Waals surface area (Å²) in [6, 6.07) is 5.36. The zero-order valence-corrected chi connectivity index (χ0v) is 15.1. The Balaban J connectivity index is 1.83. The second-order valence-electron chi connectivity index (χ2n) is 6.22. The second-order valence-corrected chi connectivity index (χ2v) is 6.22. The summed E-state index contributed by atoms with van der Waals surface area (Å²) in [4.78, 5) is 29.9. The number of rotatable bonds is 6. The smallest absolute Gasteiger partial charge is 0.316 e. The number of hydrogen-bond donors (Lipinski definition) is 1. The molecule has 26 heavy (non-hydrogen) atoms. The highest BCUT2D eigenvalue weighted by atomic mass is 16.5. The van der Waals surface area contributed by atoms with E-state index in [4.69, 9.17) is 9.26 Å². The van der Waals surface area contributed by atoms with E-state index in [0.29, 0.717) is 23.7 Å². The molecular weight excluding hydrogens is 336 g/mol. The average molecular weight is 358 g/mol. The van der Waals surface area contributed by atoms with Gasteiger partial charge in [0, 0.05) is 18.2 Å². The predicted molar refractivity (Wildman–Crippen MR) is 95.1 cm³/mol. The third-order valence-electron chi connectivity index (χ3n) is 4.22. The Hall–Kier alpha value is -2.90. The van der Waals surface area contributed by atoms with Crippen LogP contribution < -0.4 is 15.0 Å². The topological polar surface area (TPSA) is 97.6 Å². The fourth-order valence-electron chi connectivity index (χ4n) is 2.63. The van der Waals surface area contributed by atoms with Crippen molar-refractivity contribution in [3.8, 4) is 17.1 Å². The first-order valence-electron chi connectivity index (χ1n) is 8.75. The van der Waals surface area contributed by atoms with Gasteiger partial charge in [-0.25, -0.2) is 0 Å². The zero-order valence-electron chi connectivity index (χ0n) is 15.1. The number of anilines is 1. The molecule has 2 amide bonds. The fourth-order valence-corrected chi connectivity index (χ4v) is 2.63. The number of nitrogens with one attached hydrogen (secondary N) is 1. The summed E-state index contributed by atoms with van der Waals surface area (Å²) in [5.41, 5.74) is 1.38. The molecule has 1 aromatic heterocycles. The molecule has 8 nitrogen and oxygen atoms in total. The Morgan fingerprint density at radius 2 is 2.19 bits per heavy atom. The van der Waals surface area contributed by atoms with Crippen molar-refractivity contribution in [3.05, 3.63) is 24.1 Å². The quantitative estimate of drug-likeness (QED) is 0.851. The third kappa shape index (κ3) is 3.54. The number of hydrogen-bond acceptors (Lipinski definition) is 6. The molecule has 0 saturated carbocycles. The van der Waals surface area contributed by atoms with E-state index in [1.54, 1.807) is 23.1 Å². The van der Waals surface area contributed by atoms with Crippen LogP contribution in [-0.4, -0.2) is 41.1 Å². The molecule has 1 atom stereocenters. The molecule has 1 aliphatic rings. The van der Waals surface area contributed by atoms with Crippen LogP contribution in [-0.2, 0) is 4.79 Å². The summed E-state index contributed by atoms with van der Waals surface area (Å²) in [5.74, 6) is 0.347. The van der Waals surface area contributed by atoms with Gasteiger partial charge in [0.1, 0.15) is 5.75 Å². The number of fused-ring (bicyclic) bond motifs is 1. The molecular formula is C18H22N4O4. The summed E-state index contributed by atoms with van der Waals surface area (Å²) >= 11 is 0. The zero-order chi connectivity index (χ0) is 18.7. The van der Waals surface area contributed by atoms with Crippen molar-refractivity contribution < 1.29 is 18.8 Å². The molecule has 2 heterocycles. The number of amides is 2. The Morgan fingerprint density at radius 1 is 1.38 bits per heavy atom. The van der Waals surface area contributed by atoms with Crippen LogP contribution in [0.4, 0.5) is 5.69 Å². The van der Waals surface area contributed by atoms with Crippen molar-refractivity contribution in [3.63, 3.8) is 0 Å². The number of benzene rings is 1. The van der Waals surface area contributed by atoms with Crippen molar-refractivity contribution in [2.75, 3.05) is 18.1 Å². The van der Waals surface area contributed by atoms with Crippen LogP contribution in [0.3, 0.4) is 0 Å². The van der Waals surface area contributed by atoms with Crippen molar-refractivity contribution in [2.45, 2.75) is 39.7 Å². The number of ether oxygens (including phenoxy) is 1. The van der Waals surface area contributed by atoms with Crippen molar-refractivity contribution in [1.29, 1.82) is 0 Å². The lowest BCUT2D eigenvalue weighted by atomic mass is 10.1. The Morgan fingerprint density at radius 3 is 2.92 bits per heavy atom. The standard InChI is InChI=1S/C18H22N4O4/c1-4-8-22-13-7-6-12(9-14(13)25-10-15(22)23)16-20-18(26-21-16)17(24)19-11(3)5-2/h6-7,9,11H,4-5,8,10H2,1-3H3,(H,19,24)/t11-/m0/s1. The summed E-state index contributed by atoms with van der Waals surface area (Å²) in [7, 11) is 0. The molecule has 3 rings (SSSR count). The van der Waals surface area contributed by atoms with Crippen molar-refractivity contribution in [1.82, 2.24) is 15.5 Å². The van der Waals surface area contributed by atoms with Crippen LogP contribution in [0.15, 0.2) is 22.7 Å². The van der Waals surface area contributed by atoms with E-state index >= 15 is 0 Å². The number of aromatic nitrogens is 2. The van der Waals surface area contributed by atoms with Gasteiger partial charge in [-0.3, -0.25) is 9.59 Å². The van der Waals surface area contributed by atoms with Gasteiger partial charge >= 0.3 is 11.8 Å². The number of nitrogens with zero attached hydrogens (tertiary/aromatic N) is 3. The molecule has 0 bridgehead atoms. The summed E-state index contributed by atoms with van der Waals surface area (Å²) in [6.45, 7) is 6.53. The van der Waals surface area contributed by atoms with Gasteiger partial charge in [0.15, 0.2) is 6.61 Å². The molecule has 1 aliphatic heterocycles. The highest BCUT2D eigenvalue weighted by Gasteiger charge is 2.26. The van der Waals surface area contributed by atoms with Crippen LogP contribution in [0.2, 0.25) is 0 Å². The molecule has 0 radical (unpaired) electrons. The predicted octanol–water partition coefficient (Wildman–Crippen LogP) is 2.40. The van der Waals surface area contributed by atoms with Crippen LogP contribution >= 0.6 is 0 Å². The normalized spacial score (nSPS) is 14.6. The first kappa shape index (κ1) is 17.9. The lowest BCUT2D eigenvalue weighted by Crippen LogP contribution is -2.39. The van der Waals surface area contributed by atoms with Gasteiger partial charge in [-0.1, -0.05) is 19.0 Å². The average Bonchev–Trinajstić information content (AvgIpc) is 3.14. The minimum Gasteiger partial charge on any atom is -0.482 e. The molecule has 0 unspecified atom stereocenters. The van der Waals surface area contributed by atoms with E-state index in [2.05, 4.69) is 15.5 Å². The SMILES string of the molecule is CCCN1C(=O)COc2cc(-c3noc(C(=O)N[C@@H](C)CC)n3)ccc21. The molecule has 1 N–H and O–H groups in total. The maximum Gasteiger partial charge on any atom is 0.316 e. The highest BCUT2D eigenvalue weighted by Crippen LogP contribution is 2.35. The van der Waals surface area contributed by atoms with Crippen LogP contribution in [0.1, 0.15) is 44.3 Å². The van der Waals surface area contributed by atoms with Gasteiger partial charge in [-0.2, -0.15) is 4.98 Å². The molecule has 0 fully saturated rings. The van der Waals surface area contributed by atoms with E-state index in [1.165, 1.54) is 0 Å². The van der Waals surface area contributed by atoms with E-state index < -0.39 is 5.91 Å². The van der Waals surface area contributed by atoms with Crippen LogP contribution in [0.5, 0.6) is 5.75 Å². The van der Waals surface area contributed by atoms with Crippen LogP contribution in [0.25, 0.3) is 11.4 Å². The van der Waals surface area contributed by atoms with Crippen molar-refractivity contribution >= 4 is 17.5 Å². The molecule has 0 spiro atoms. The third-order valence-corrected chi connectivity index (χ3v) is 4.22. The number of carbonyl (C=O) groups excluding carboxylic acids is 2. The van der Waals surface area contributed by atoms with E-state index in [-0.39, 0.29) is 24.4 Å². The van der Waals surface area contributed by atoms with Gasteiger partial charge in [-0.05, 0) is 38.0 Å². The van der Waals surface area contributed by atoms with E-state index in [0.717, 1.165) is 18.5 Å². The molecule has 8 heteroatoms. The van der Waals surface area contributed by atoms with Gasteiger partial charge in [0.25, 0.3) is 5.91 Å². The Bertz CT molecular complexity index is 817. The highest BCUT2D eigenvalue weighted by molar-refractivity contribution is 5.98. The second kappa shape index (κ2) is 7.55. The molecule has 1 aromatic carbocycles. The maximum absolute atomic E-state index is 12.1. The van der Waals surface area contributed by atoms with Gasteiger partial charge in [0.2, 0.25) is 5.82 Å². The van der Waals surface area contributed by atoms with Gasteiger partial charge in [-0.15, -0.1) is 0 Å².